The Labute approximate surface area is 145 Å². The Balaban J connectivity index is 1.85. The second-order valence-electron chi connectivity index (χ2n) is 5.38. The Morgan fingerprint density at radius 2 is 1.96 bits per heavy atom. The minimum absolute atomic E-state index is 0.0962. The van der Waals surface area contributed by atoms with Gasteiger partial charge in [-0.25, -0.2) is 4.79 Å². The fourth-order valence-electron chi connectivity index (χ4n) is 2.69. The number of amides is 1. The summed E-state index contributed by atoms with van der Waals surface area (Å²) in [6.45, 7) is 0. The van der Waals surface area contributed by atoms with Crippen LogP contribution in [0.4, 0.5) is 5.00 Å². The molecule has 2 heterocycles. The molecule has 0 radical (unpaired) electrons. The van der Waals surface area contributed by atoms with Crippen molar-refractivity contribution >= 4 is 44.0 Å². The first-order valence-electron chi connectivity index (χ1n) is 7.42. The van der Waals surface area contributed by atoms with Crippen molar-refractivity contribution in [2.45, 2.75) is 0 Å². The van der Waals surface area contributed by atoms with E-state index < -0.39 is 11.5 Å². The standard InChI is InChI=1S/C19H10N2O3S/c20-10-12-7-8-25-18(12)21-17(22)15-9-14-13-4-2-1-3-11(13)5-6-16(14)24-19(15)23/h1-9H,(H,21,22). The summed E-state index contributed by atoms with van der Waals surface area (Å²) in [5.74, 6) is -0.595. The van der Waals surface area contributed by atoms with Crippen LogP contribution in [-0.2, 0) is 0 Å². The van der Waals surface area contributed by atoms with Crippen LogP contribution in [0.5, 0.6) is 0 Å². The summed E-state index contributed by atoms with van der Waals surface area (Å²) >= 11 is 1.22. The summed E-state index contributed by atoms with van der Waals surface area (Å²) < 4.78 is 5.32. The molecule has 6 heteroatoms. The minimum atomic E-state index is -0.713. The van der Waals surface area contributed by atoms with Gasteiger partial charge in [0.1, 0.15) is 22.2 Å². The van der Waals surface area contributed by atoms with E-state index in [0.29, 0.717) is 21.5 Å². The second-order valence-corrected chi connectivity index (χ2v) is 6.29. The van der Waals surface area contributed by atoms with E-state index in [-0.39, 0.29) is 5.56 Å². The molecule has 0 saturated heterocycles. The summed E-state index contributed by atoms with van der Waals surface area (Å²) in [5, 5.41) is 16.3. The molecule has 0 spiro atoms. The van der Waals surface area contributed by atoms with Gasteiger partial charge in [0.05, 0.1) is 5.56 Å². The van der Waals surface area contributed by atoms with Crippen LogP contribution in [0.1, 0.15) is 15.9 Å². The molecule has 0 saturated carbocycles. The average Bonchev–Trinajstić information content (AvgIpc) is 3.08. The van der Waals surface area contributed by atoms with E-state index in [0.717, 1.165) is 10.8 Å². The lowest BCUT2D eigenvalue weighted by Gasteiger charge is -2.06. The third-order valence-electron chi connectivity index (χ3n) is 3.90. The highest BCUT2D eigenvalue weighted by Crippen LogP contribution is 2.26. The molecule has 4 aromatic rings. The number of benzene rings is 2. The Morgan fingerprint density at radius 1 is 1.12 bits per heavy atom. The summed E-state index contributed by atoms with van der Waals surface area (Å²) in [5.41, 5.74) is -0.0282. The fraction of sp³-hybridized carbons (Fsp3) is 0. The van der Waals surface area contributed by atoms with Crippen molar-refractivity contribution in [1.82, 2.24) is 0 Å². The first-order chi connectivity index (χ1) is 12.2. The van der Waals surface area contributed by atoms with E-state index in [2.05, 4.69) is 5.32 Å². The summed E-state index contributed by atoms with van der Waals surface area (Å²) in [6.07, 6.45) is 0. The van der Waals surface area contributed by atoms with E-state index in [1.165, 1.54) is 11.3 Å². The number of nitrogens with one attached hydrogen (secondary N) is 1. The number of nitriles is 1. The van der Waals surface area contributed by atoms with Crippen LogP contribution >= 0.6 is 11.3 Å². The van der Waals surface area contributed by atoms with Crippen LogP contribution < -0.4 is 10.9 Å². The minimum Gasteiger partial charge on any atom is -0.422 e. The molecular formula is C19H10N2O3S. The van der Waals surface area contributed by atoms with Crippen molar-refractivity contribution in [1.29, 1.82) is 5.26 Å². The van der Waals surface area contributed by atoms with Gasteiger partial charge in [-0.3, -0.25) is 4.79 Å². The number of anilines is 1. The summed E-state index contributed by atoms with van der Waals surface area (Å²) in [6, 6.07) is 16.4. The van der Waals surface area contributed by atoms with Gasteiger partial charge in [0.25, 0.3) is 5.91 Å². The molecule has 0 unspecified atom stereocenters. The molecule has 1 amide bonds. The maximum absolute atomic E-state index is 12.5. The molecule has 2 aromatic heterocycles. The van der Waals surface area contributed by atoms with Gasteiger partial charge < -0.3 is 9.73 Å². The molecule has 5 nitrogen and oxygen atoms in total. The van der Waals surface area contributed by atoms with Crippen LogP contribution in [0, 0.1) is 11.3 Å². The van der Waals surface area contributed by atoms with Gasteiger partial charge in [0, 0.05) is 5.39 Å². The van der Waals surface area contributed by atoms with Crippen LogP contribution in [-0.4, -0.2) is 5.91 Å². The maximum Gasteiger partial charge on any atom is 0.349 e. The second kappa shape index (κ2) is 5.89. The largest absolute Gasteiger partial charge is 0.422 e. The van der Waals surface area contributed by atoms with E-state index in [4.69, 9.17) is 9.68 Å². The first kappa shape index (κ1) is 15.1. The average molecular weight is 346 g/mol. The molecule has 2 aromatic carbocycles. The van der Waals surface area contributed by atoms with Gasteiger partial charge >= 0.3 is 5.63 Å². The molecule has 25 heavy (non-hydrogen) atoms. The number of thiophene rings is 1. The molecule has 120 valence electrons. The van der Waals surface area contributed by atoms with E-state index in [9.17, 15) is 9.59 Å². The monoisotopic (exact) mass is 346 g/mol. The number of carbonyl (C=O) groups is 1. The molecule has 0 fully saturated rings. The normalized spacial score (nSPS) is 10.7. The SMILES string of the molecule is N#Cc1ccsc1NC(=O)c1cc2c(ccc3ccccc32)oc1=O. The fourth-order valence-corrected chi connectivity index (χ4v) is 3.43. The zero-order valence-electron chi connectivity index (χ0n) is 12.8. The lowest BCUT2D eigenvalue weighted by atomic mass is 10.0. The van der Waals surface area contributed by atoms with E-state index in [1.807, 2.05) is 36.4 Å². The van der Waals surface area contributed by atoms with Gasteiger partial charge in [-0.2, -0.15) is 5.26 Å². The number of rotatable bonds is 2. The number of carbonyl (C=O) groups excluding carboxylic acids is 1. The highest BCUT2D eigenvalue weighted by molar-refractivity contribution is 7.14. The Kier molecular flexibility index (Phi) is 3.56. The topological polar surface area (TPSA) is 83.1 Å². The molecule has 4 rings (SSSR count). The van der Waals surface area contributed by atoms with Crippen LogP contribution in [0.3, 0.4) is 0 Å². The zero-order chi connectivity index (χ0) is 17.4. The number of hydrogen-bond donors (Lipinski definition) is 1. The first-order valence-corrected chi connectivity index (χ1v) is 8.30. The van der Waals surface area contributed by atoms with Crippen molar-refractivity contribution in [2.75, 3.05) is 5.32 Å². The van der Waals surface area contributed by atoms with Gasteiger partial charge in [-0.15, -0.1) is 11.3 Å². The Bertz CT molecular complexity index is 1230. The number of nitrogens with zero attached hydrogens (tertiary/aromatic N) is 1. The highest BCUT2D eigenvalue weighted by atomic mass is 32.1. The van der Waals surface area contributed by atoms with Crippen molar-refractivity contribution in [2.24, 2.45) is 0 Å². The smallest absolute Gasteiger partial charge is 0.349 e. The molecule has 1 N–H and O–H groups in total. The van der Waals surface area contributed by atoms with Gasteiger partial charge in [-0.05, 0) is 34.4 Å². The van der Waals surface area contributed by atoms with Crippen LogP contribution in [0.15, 0.2) is 63.1 Å². The summed E-state index contributed by atoms with van der Waals surface area (Å²) in [7, 11) is 0. The number of hydrogen-bond acceptors (Lipinski definition) is 5. The predicted octanol–water partition coefficient (Wildman–Crippen LogP) is 4.13. The molecule has 0 bridgehead atoms. The lowest BCUT2D eigenvalue weighted by Crippen LogP contribution is -2.20. The van der Waals surface area contributed by atoms with Crippen LogP contribution in [0.2, 0.25) is 0 Å². The third kappa shape index (κ3) is 2.57. The van der Waals surface area contributed by atoms with Gasteiger partial charge in [-0.1, -0.05) is 30.3 Å². The molecule has 0 aliphatic rings. The van der Waals surface area contributed by atoms with Crippen LogP contribution in [0.25, 0.3) is 21.7 Å². The van der Waals surface area contributed by atoms with Crippen molar-refractivity contribution < 1.29 is 9.21 Å². The molecule has 0 aliphatic carbocycles. The molecule has 0 atom stereocenters. The van der Waals surface area contributed by atoms with Crippen molar-refractivity contribution in [3.05, 3.63) is 75.5 Å². The van der Waals surface area contributed by atoms with E-state index in [1.54, 1.807) is 23.6 Å². The summed E-state index contributed by atoms with van der Waals surface area (Å²) in [4.78, 5) is 24.7. The molecule has 0 aliphatic heterocycles. The number of fused-ring (bicyclic) bond motifs is 3. The lowest BCUT2D eigenvalue weighted by molar-refractivity contribution is 0.102. The Morgan fingerprint density at radius 3 is 2.80 bits per heavy atom. The zero-order valence-corrected chi connectivity index (χ0v) is 13.6. The van der Waals surface area contributed by atoms with Gasteiger partial charge in [0.2, 0.25) is 0 Å². The third-order valence-corrected chi connectivity index (χ3v) is 4.73. The quantitative estimate of drug-likeness (QED) is 0.437. The highest BCUT2D eigenvalue weighted by Gasteiger charge is 2.17. The predicted molar refractivity (Wildman–Crippen MR) is 97.0 cm³/mol. The van der Waals surface area contributed by atoms with Gasteiger partial charge in [0.15, 0.2) is 0 Å². The van der Waals surface area contributed by atoms with Crippen molar-refractivity contribution in [3.8, 4) is 6.07 Å². The molecular weight excluding hydrogens is 336 g/mol. The maximum atomic E-state index is 12.5. The Hall–Kier alpha value is -3.43. The van der Waals surface area contributed by atoms with E-state index >= 15 is 0 Å². The van der Waals surface area contributed by atoms with Crippen molar-refractivity contribution in [3.63, 3.8) is 0 Å².